The topological polar surface area (TPSA) is 102 Å². The fraction of sp³-hybridized carbons (Fsp3) is 0.324. The maximum atomic E-state index is 11.5. The fourth-order valence-electron chi connectivity index (χ4n) is 6.48. The minimum absolute atomic E-state index is 0.113. The van der Waals surface area contributed by atoms with E-state index >= 15 is 0 Å². The molecule has 2 aromatic carbocycles. The number of pyridine rings is 2. The number of ether oxygens (including phenoxy) is 2. The number of amides is 1. The van der Waals surface area contributed by atoms with E-state index in [-0.39, 0.29) is 11.9 Å². The lowest BCUT2D eigenvalue weighted by atomic mass is 9.99. The zero-order chi connectivity index (χ0) is 33.2. The van der Waals surface area contributed by atoms with E-state index in [2.05, 4.69) is 37.8 Å². The summed E-state index contributed by atoms with van der Waals surface area (Å²) in [5, 5.41) is 12.1. The standard InChI is InChI=1S/C37H38Cl2N6O3/c1-45-21-24(18-41-20-26-13-15-48-26)27-9-10-31(44-37(27)45)30-5-3-4-28(34(30)38)29-12-14-42-36(35(29)39)22-6-7-23(32(16-22)47-2)17-40-19-25-8-11-33(46)43-25/h3-7,9-10,12,14,16,21,25-26,40-41H,8,11,13,15,17-20H2,1-2H3,(H,43,46). The smallest absolute Gasteiger partial charge is 0.220 e. The summed E-state index contributed by atoms with van der Waals surface area (Å²) in [7, 11) is 3.67. The van der Waals surface area contributed by atoms with Gasteiger partial charge in [-0.2, -0.15) is 0 Å². The number of nitrogens with one attached hydrogen (secondary N) is 3. The van der Waals surface area contributed by atoms with Crippen LogP contribution in [0.15, 0.2) is 67.0 Å². The second-order valence-electron chi connectivity index (χ2n) is 12.4. The maximum absolute atomic E-state index is 11.5. The van der Waals surface area contributed by atoms with Crippen molar-refractivity contribution in [1.29, 1.82) is 0 Å². The van der Waals surface area contributed by atoms with E-state index in [0.29, 0.717) is 41.4 Å². The summed E-state index contributed by atoms with van der Waals surface area (Å²) in [6.45, 7) is 3.77. The number of hydrogen-bond acceptors (Lipinski definition) is 7. The highest BCUT2D eigenvalue weighted by Crippen LogP contribution is 2.42. The van der Waals surface area contributed by atoms with Gasteiger partial charge in [-0.1, -0.05) is 53.5 Å². The molecule has 0 radical (unpaired) electrons. The van der Waals surface area contributed by atoms with E-state index < -0.39 is 0 Å². The molecule has 0 saturated carbocycles. The molecule has 7 rings (SSSR count). The lowest BCUT2D eigenvalue weighted by Crippen LogP contribution is -2.36. The molecule has 5 aromatic rings. The van der Waals surface area contributed by atoms with Crippen LogP contribution in [0.2, 0.25) is 10.0 Å². The van der Waals surface area contributed by atoms with Crippen LogP contribution in [0.5, 0.6) is 5.75 Å². The third-order valence-electron chi connectivity index (χ3n) is 9.19. The fourth-order valence-corrected chi connectivity index (χ4v) is 7.12. The quantitative estimate of drug-likeness (QED) is 0.137. The number of nitrogens with zero attached hydrogens (tertiary/aromatic N) is 3. The first-order valence-electron chi connectivity index (χ1n) is 16.3. The van der Waals surface area contributed by atoms with Gasteiger partial charge in [-0.25, -0.2) is 4.98 Å². The summed E-state index contributed by atoms with van der Waals surface area (Å²) in [4.78, 5) is 21.2. The van der Waals surface area contributed by atoms with Gasteiger partial charge < -0.3 is 30.0 Å². The van der Waals surface area contributed by atoms with Gasteiger partial charge in [-0.15, -0.1) is 0 Å². The number of fused-ring (bicyclic) bond motifs is 1. The lowest BCUT2D eigenvalue weighted by molar-refractivity contribution is -0.119. The number of carbonyl (C=O) groups excluding carboxylic acids is 1. The van der Waals surface area contributed by atoms with Gasteiger partial charge in [0.05, 0.1) is 34.6 Å². The summed E-state index contributed by atoms with van der Waals surface area (Å²) < 4.78 is 13.3. The van der Waals surface area contributed by atoms with Gasteiger partial charge in [0.15, 0.2) is 0 Å². The van der Waals surface area contributed by atoms with E-state index in [1.54, 1.807) is 13.3 Å². The zero-order valence-corrected chi connectivity index (χ0v) is 28.5. The zero-order valence-electron chi connectivity index (χ0n) is 27.0. The Kier molecular flexibility index (Phi) is 9.66. The summed E-state index contributed by atoms with van der Waals surface area (Å²) in [6.07, 6.45) is 6.75. The molecule has 1 amide bonds. The molecule has 2 aliphatic heterocycles. The Morgan fingerprint density at radius 1 is 0.979 bits per heavy atom. The average molecular weight is 686 g/mol. The van der Waals surface area contributed by atoms with Gasteiger partial charge in [-0.3, -0.25) is 9.78 Å². The summed E-state index contributed by atoms with van der Waals surface area (Å²) in [5.41, 5.74) is 7.75. The molecule has 5 heterocycles. The number of methoxy groups -OCH3 is 1. The molecule has 0 bridgehead atoms. The van der Waals surface area contributed by atoms with Crippen molar-refractivity contribution >= 4 is 40.1 Å². The summed E-state index contributed by atoms with van der Waals surface area (Å²) in [6, 6.07) is 18.1. The van der Waals surface area contributed by atoms with Crippen molar-refractivity contribution in [1.82, 2.24) is 30.5 Å². The molecule has 9 nitrogen and oxygen atoms in total. The molecule has 2 saturated heterocycles. The number of benzene rings is 2. The molecule has 0 aliphatic carbocycles. The van der Waals surface area contributed by atoms with Gasteiger partial charge in [0.25, 0.3) is 0 Å². The largest absolute Gasteiger partial charge is 0.496 e. The van der Waals surface area contributed by atoms with Crippen molar-refractivity contribution in [2.45, 2.75) is 44.5 Å². The van der Waals surface area contributed by atoms with Crippen LogP contribution in [0, 0.1) is 0 Å². The molecule has 2 atom stereocenters. The molecule has 0 spiro atoms. The van der Waals surface area contributed by atoms with E-state index in [1.165, 1.54) is 5.56 Å². The first-order valence-corrected chi connectivity index (χ1v) is 17.0. The first kappa shape index (κ1) is 32.6. The molecule has 2 fully saturated rings. The molecular formula is C37H38Cl2N6O3. The third kappa shape index (κ3) is 6.66. The van der Waals surface area contributed by atoms with Crippen LogP contribution in [0.1, 0.15) is 30.4 Å². The van der Waals surface area contributed by atoms with Crippen LogP contribution in [-0.2, 0) is 29.7 Å². The van der Waals surface area contributed by atoms with Gasteiger partial charge in [0.1, 0.15) is 11.4 Å². The molecule has 2 unspecified atom stereocenters. The summed E-state index contributed by atoms with van der Waals surface area (Å²) >= 11 is 14.2. The maximum Gasteiger partial charge on any atom is 0.220 e. The normalized spacial score (nSPS) is 17.5. The van der Waals surface area contributed by atoms with E-state index in [0.717, 1.165) is 82.8 Å². The molecule has 248 valence electrons. The first-order chi connectivity index (χ1) is 23.4. The monoisotopic (exact) mass is 684 g/mol. The van der Waals surface area contributed by atoms with Crippen molar-refractivity contribution in [3.05, 3.63) is 88.2 Å². The molecular weight excluding hydrogens is 647 g/mol. The Morgan fingerprint density at radius 2 is 1.77 bits per heavy atom. The predicted octanol–water partition coefficient (Wildman–Crippen LogP) is 6.53. The van der Waals surface area contributed by atoms with E-state index in [1.807, 2.05) is 55.6 Å². The molecule has 3 aromatic heterocycles. The van der Waals surface area contributed by atoms with Crippen LogP contribution >= 0.6 is 23.2 Å². The number of carbonyl (C=O) groups is 1. The van der Waals surface area contributed by atoms with Crippen LogP contribution < -0.4 is 20.7 Å². The highest BCUT2D eigenvalue weighted by Gasteiger charge is 2.22. The van der Waals surface area contributed by atoms with Crippen molar-refractivity contribution in [3.8, 4) is 39.4 Å². The number of halogens is 2. The highest BCUT2D eigenvalue weighted by atomic mass is 35.5. The second kappa shape index (κ2) is 14.2. The van der Waals surface area contributed by atoms with Crippen LogP contribution in [0.4, 0.5) is 0 Å². The van der Waals surface area contributed by atoms with Gasteiger partial charge >= 0.3 is 0 Å². The van der Waals surface area contributed by atoms with Gasteiger partial charge in [0, 0.05) is 97.9 Å². The summed E-state index contributed by atoms with van der Waals surface area (Å²) in [5.74, 6) is 0.841. The number of aromatic nitrogens is 3. The Balaban J connectivity index is 1.12. The van der Waals surface area contributed by atoms with E-state index in [9.17, 15) is 4.79 Å². The number of hydrogen-bond donors (Lipinski definition) is 3. The molecule has 2 aliphatic rings. The van der Waals surface area contributed by atoms with Crippen molar-refractivity contribution in [2.24, 2.45) is 7.05 Å². The van der Waals surface area contributed by atoms with E-state index in [4.69, 9.17) is 37.7 Å². The number of rotatable bonds is 12. The third-order valence-corrected chi connectivity index (χ3v) is 9.98. The Bertz CT molecular complexity index is 1970. The number of aryl methyl sites for hydroxylation is 1. The molecule has 11 heteroatoms. The Labute approximate surface area is 290 Å². The van der Waals surface area contributed by atoms with Gasteiger partial charge in [0.2, 0.25) is 5.91 Å². The average Bonchev–Trinajstić information content (AvgIpc) is 3.64. The second-order valence-corrected chi connectivity index (χ2v) is 13.2. The van der Waals surface area contributed by atoms with Crippen molar-refractivity contribution in [3.63, 3.8) is 0 Å². The molecule has 48 heavy (non-hydrogen) atoms. The van der Waals surface area contributed by atoms with Crippen molar-refractivity contribution < 1.29 is 14.3 Å². The lowest BCUT2D eigenvalue weighted by Gasteiger charge is -2.26. The van der Waals surface area contributed by atoms with Crippen LogP contribution in [0.25, 0.3) is 44.7 Å². The Hall–Kier alpha value is -3.99. The SMILES string of the molecule is COc1cc(-c2nccc(-c3cccc(-c4ccc5c(CNCC6CCO6)cn(C)c5n4)c3Cl)c2Cl)ccc1CNCC1CCC(=O)N1. The van der Waals surface area contributed by atoms with Gasteiger partial charge in [-0.05, 0) is 42.7 Å². The molecule has 3 N–H and O–H groups in total. The minimum atomic E-state index is 0.113. The van der Waals surface area contributed by atoms with Crippen molar-refractivity contribution in [2.75, 3.05) is 26.8 Å². The van der Waals surface area contributed by atoms with Crippen LogP contribution in [-0.4, -0.2) is 59.4 Å². The minimum Gasteiger partial charge on any atom is -0.496 e. The Morgan fingerprint density at radius 3 is 2.54 bits per heavy atom. The van der Waals surface area contributed by atoms with Crippen LogP contribution in [0.3, 0.4) is 0 Å². The highest BCUT2D eigenvalue weighted by molar-refractivity contribution is 6.39. The predicted molar refractivity (Wildman–Crippen MR) is 190 cm³/mol.